The van der Waals surface area contributed by atoms with Crippen molar-refractivity contribution >= 4 is 5.91 Å². The first kappa shape index (κ1) is 64.8. The summed E-state index contributed by atoms with van der Waals surface area (Å²) in [6, 6.07) is -0.948. The molecule has 0 aromatic carbocycles. The number of hydrogen-bond donors (Lipinski definition) is 9. The van der Waals surface area contributed by atoms with Gasteiger partial charge in [0.25, 0.3) is 0 Å². The van der Waals surface area contributed by atoms with E-state index in [1.54, 1.807) is 6.08 Å². The van der Waals surface area contributed by atoms with Crippen molar-refractivity contribution in [2.45, 2.75) is 229 Å². The lowest BCUT2D eigenvalue weighted by atomic mass is 9.97. The molecule has 1 amide bonds. The van der Waals surface area contributed by atoms with E-state index in [1.807, 2.05) is 6.08 Å². The van der Waals surface area contributed by atoms with Crippen LogP contribution in [0, 0.1) is 0 Å². The molecule has 9 N–H and O–H groups in total. The summed E-state index contributed by atoms with van der Waals surface area (Å²) >= 11 is 0. The monoisotopic (exact) mass is 1010 g/mol. The van der Waals surface area contributed by atoms with Gasteiger partial charge < -0.3 is 65.1 Å². The molecule has 14 heteroatoms. The summed E-state index contributed by atoms with van der Waals surface area (Å²) in [5.41, 5.74) is 0. The Labute approximate surface area is 432 Å². The Morgan fingerprint density at radius 2 is 0.972 bits per heavy atom. The van der Waals surface area contributed by atoms with Crippen LogP contribution in [-0.4, -0.2) is 140 Å². The molecule has 0 bridgehead atoms. The Hall–Kier alpha value is -3.35. The van der Waals surface area contributed by atoms with Crippen molar-refractivity contribution in [1.29, 1.82) is 0 Å². The number of aliphatic hydroxyl groups is 8. The smallest absolute Gasteiger partial charge is 0.220 e. The Morgan fingerprint density at radius 1 is 0.514 bits per heavy atom. The molecule has 0 aromatic rings. The number of rotatable bonds is 40. The highest BCUT2D eigenvalue weighted by Gasteiger charge is 2.51. The van der Waals surface area contributed by atoms with Crippen molar-refractivity contribution in [1.82, 2.24) is 5.32 Å². The molecule has 72 heavy (non-hydrogen) atoms. The summed E-state index contributed by atoms with van der Waals surface area (Å²) < 4.78 is 22.7. The number of carbonyl (C=O) groups is 1. The molecule has 14 nitrogen and oxygen atoms in total. The molecule has 0 aliphatic carbocycles. The van der Waals surface area contributed by atoms with Gasteiger partial charge in [-0.25, -0.2) is 0 Å². The van der Waals surface area contributed by atoms with Gasteiger partial charge in [-0.05, 0) is 89.9 Å². The molecule has 2 saturated heterocycles. The highest BCUT2D eigenvalue weighted by Crippen LogP contribution is 2.30. The summed E-state index contributed by atoms with van der Waals surface area (Å²) in [5, 5.41) is 86.7. The van der Waals surface area contributed by atoms with Crippen LogP contribution in [0.2, 0.25) is 0 Å². The van der Waals surface area contributed by atoms with E-state index < -0.39 is 86.8 Å². The fraction of sp³-hybridized carbons (Fsp3) is 0.672. The molecule has 12 unspecified atom stereocenters. The molecule has 0 aromatic heterocycles. The third-order valence-corrected chi connectivity index (χ3v) is 12.4. The largest absolute Gasteiger partial charge is 0.394 e. The minimum Gasteiger partial charge on any atom is -0.394 e. The highest BCUT2D eigenvalue weighted by atomic mass is 16.7. The lowest BCUT2D eigenvalue weighted by molar-refractivity contribution is -0.359. The van der Waals surface area contributed by atoms with Gasteiger partial charge in [-0.3, -0.25) is 4.79 Å². The van der Waals surface area contributed by atoms with Crippen molar-refractivity contribution in [3.8, 4) is 0 Å². The number of carbonyl (C=O) groups excluding carboxylic acids is 1. The van der Waals surface area contributed by atoms with Gasteiger partial charge in [0.15, 0.2) is 12.6 Å². The molecule has 410 valence electrons. The molecule has 2 aliphatic rings. The van der Waals surface area contributed by atoms with E-state index in [1.165, 1.54) is 25.7 Å². The average molecular weight is 1010 g/mol. The number of nitrogens with one attached hydrogen (secondary N) is 1. The number of allylic oxidation sites excluding steroid dienone is 17. The SMILES string of the molecule is CC/C=C\C/C=C\C/C=C\C/C=C\C/C=C\C/C=C\C/C=C\CCCCCCCC(=O)NC(COC1OC(CO)C(OC2OC(CO)C(O)C(O)C2O)C(O)C1O)C(O)/C=C/CC/C=C/CCCCCCC. The van der Waals surface area contributed by atoms with Gasteiger partial charge in [0.05, 0.1) is 32.0 Å². The predicted molar refractivity (Wildman–Crippen MR) is 285 cm³/mol. The maximum absolute atomic E-state index is 13.2. The van der Waals surface area contributed by atoms with E-state index in [-0.39, 0.29) is 18.9 Å². The summed E-state index contributed by atoms with van der Waals surface area (Å²) in [6.07, 6.45) is 42.8. The Kier molecular flexibility index (Phi) is 38.6. The molecule has 2 fully saturated rings. The number of hydrogen-bond acceptors (Lipinski definition) is 13. The van der Waals surface area contributed by atoms with E-state index in [4.69, 9.17) is 18.9 Å². The topological polar surface area (TPSA) is 228 Å². The number of ether oxygens (including phenoxy) is 4. The molecule has 2 rings (SSSR count). The quantitative estimate of drug-likeness (QED) is 0.0209. The molecular weight excluding hydrogens is 919 g/mol. The molecule has 2 heterocycles. The van der Waals surface area contributed by atoms with Crippen LogP contribution in [0.5, 0.6) is 0 Å². The fourth-order valence-electron chi connectivity index (χ4n) is 8.05. The van der Waals surface area contributed by atoms with Crippen molar-refractivity contribution < 1.29 is 64.6 Å². The zero-order valence-electron chi connectivity index (χ0n) is 43.6. The van der Waals surface area contributed by atoms with Crippen LogP contribution in [0.15, 0.2) is 109 Å². The first-order chi connectivity index (χ1) is 35.1. The average Bonchev–Trinajstić information content (AvgIpc) is 3.38. The molecule has 0 saturated carbocycles. The van der Waals surface area contributed by atoms with Crippen LogP contribution < -0.4 is 5.32 Å². The summed E-state index contributed by atoms with van der Waals surface area (Å²) in [7, 11) is 0. The number of unbranched alkanes of at least 4 members (excludes halogenated alkanes) is 11. The van der Waals surface area contributed by atoms with Crippen LogP contribution in [-0.2, 0) is 23.7 Å². The van der Waals surface area contributed by atoms with Crippen LogP contribution in [0.25, 0.3) is 0 Å². The van der Waals surface area contributed by atoms with E-state index in [0.29, 0.717) is 12.8 Å². The van der Waals surface area contributed by atoms with Crippen LogP contribution >= 0.6 is 0 Å². The van der Waals surface area contributed by atoms with E-state index in [2.05, 4.69) is 116 Å². The van der Waals surface area contributed by atoms with Gasteiger partial charge in [0.2, 0.25) is 5.91 Å². The zero-order valence-corrected chi connectivity index (χ0v) is 43.6. The normalized spacial score (nSPS) is 26.5. The predicted octanol–water partition coefficient (Wildman–Crippen LogP) is 8.10. The Bertz CT molecular complexity index is 1620. The lowest BCUT2D eigenvalue weighted by Crippen LogP contribution is -2.65. The second-order valence-electron chi connectivity index (χ2n) is 18.6. The van der Waals surface area contributed by atoms with E-state index in [0.717, 1.165) is 96.3 Å². The van der Waals surface area contributed by atoms with E-state index >= 15 is 0 Å². The fourth-order valence-corrected chi connectivity index (χ4v) is 8.05. The van der Waals surface area contributed by atoms with Gasteiger partial charge in [-0.2, -0.15) is 0 Å². The molecule has 0 radical (unpaired) electrons. The van der Waals surface area contributed by atoms with Crippen LogP contribution in [0.4, 0.5) is 0 Å². The summed E-state index contributed by atoms with van der Waals surface area (Å²) in [4.78, 5) is 13.2. The lowest BCUT2D eigenvalue weighted by Gasteiger charge is -2.46. The van der Waals surface area contributed by atoms with Gasteiger partial charge in [-0.15, -0.1) is 0 Å². The van der Waals surface area contributed by atoms with Crippen LogP contribution in [0.3, 0.4) is 0 Å². The van der Waals surface area contributed by atoms with Crippen molar-refractivity contribution in [3.63, 3.8) is 0 Å². The van der Waals surface area contributed by atoms with Crippen molar-refractivity contribution in [3.05, 3.63) is 109 Å². The Morgan fingerprint density at radius 3 is 1.53 bits per heavy atom. The second-order valence-corrected chi connectivity index (χ2v) is 18.6. The van der Waals surface area contributed by atoms with Gasteiger partial charge in [0, 0.05) is 6.42 Å². The second kappa shape index (κ2) is 42.9. The molecular formula is C58H95NO13. The minimum absolute atomic E-state index is 0.243. The summed E-state index contributed by atoms with van der Waals surface area (Å²) in [6.45, 7) is 2.58. The van der Waals surface area contributed by atoms with Gasteiger partial charge in [0.1, 0.15) is 48.8 Å². The van der Waals surface area contributed by atoms with Gasteiger partial charge >= 0.3 is 0 Å². The van der Waals surface area contributed by atoms with Crippen molar-refractivity contribution in [2.24, 2.45) is 0 Å². The first-order valence-electron chi connectivity index (χ1n) is 27.1. The number of aliphatic hydroxyl groups excluding tert-OH is 8. The first-order valence-corrected chi connectivity index (χ1v) is 27.1. The maximum Gasteiger partial charge on any atom is 0.220 e. The molecule has 0 spiro atoms. The third-order valence-electron chi connectivity index (χ3n) is 12.4. The summed E-state index contributed by atoms with van der Waals surface area (Å²) in [5.74, 6) is -0.276. The molecule has 12 atom stereocenters. The third kappa shape index (κ3) is 28.9. The maximum atomic E-state index is 13.2. The zero-order chi connectivity index (χ0) is 52.4. The van der Waals surface area contributed by atoms with Crippen molar-refractivity contribution in [2.75, 3.05) is 19.8 Å². The number of amides is 1. The highest BCUT2D eigenvalue weighted by molar-refractivity contribution is 5.76. The van der Waals surface area contributed by atoms with Gasteiger partial charge in [-0.1, -0.05) is 168 Å². The van der Waals surface area contributed by atoms with Crippen LogP contribution in [0.1, 0.15) is 155 Å². The minimum atomic E-state index is -1.80. The van der Waals surface area contributed by atoms with E-state index in [9.17, 15) is 45.6 Å². The Balaban J connectivity index is 1.77. The standard InChI is InChI=1S/C58H95NO13/c1-3-5-7-9-11-13-15-16-17-18-19-20-21-22-23-24-25-26-27-28-29-30-32-34-36-38-40-42-50(63)59-46(47(62)41-39-37-35-33-31-14-12-10-8-6-4-2)45-69-57-55(68)53(66)56(49(44-61)71-57)72-58-54(67)52(65)51(64)48(43-60)70-58/h5,7,11,13,16-17,19-20,22-23,25-26,28-29,31,33,39,41,46-49,51-58,60-62,64-68H,3-4,6,8-10,12,14-15,18,21,24,27,30,32,34-38,40,42-45H2,1-2H3,(H,59,63)/b7-5-,13-11-,17-16-,20-19-,23-22-,26-25-,29-28-,33-31+,41-39+. The molecule has 2 aliphatic heterocycles.